The first kappa shape index (κ1) is 13.9. The second kappa shape index (κ2) is 5.57. The molecule has 5 rings (SSSR count). The van der Waals surface area contributed by atoms with Crippen molar-refractivity contribution in [3.05, 3.63) is 66.6 Å². The van der Waals surface area contributed by atoms with Gasteiger partial charge < -0.3 is 5.43 Å². The van der Waals surface area contributed by atoms with Crippen molar-refractivity contribution in [2.24, 2.45) is 0 Å². The number of hydrogen-bond donors (Lipinski definition) is 3. The van der Waals surface area contributed by atoms with Crippen LogP contribution in [0.5, 0.6) is 0 Å². The number of rotatable bonds is 3. The van der Waals surface area contributed by atoms with Crippen molar-refractivity contribution in [3.63, 3.8) is 0 Å². The van der Waals surface area contributed by atoms with Crippen molar-refractivity contribution >= 4 is 22.4 Å². The van der Waals surface area contributed by atoms with Gasteiger partial charge in [0.05, 0.1) is 29.6 Å². The van der Waals surface area contributed by atoms with Crippen LogP contribution in [-0.4, -0.2) is 20.2 Å². The van der Waals surface area contributed by atoms with Crippen LogP contribution in [0.2, 0.25) is 0 Å². The minimum Gasteiger partial charge on any atom is -0.300 e. The first-order chi connectivity index (χ1) is 12.4. The molecular formula is C18H15N7. The van der Waals surface area contributed by atoms with E-state index in [0.29, 0.717) is 6.54 Å². The van der Waals surface area contributed by atoms with Gasteiger partial charge in [-0.2, -0.15) is 5.10 Å². The number of hydrazine groups is 2. The van der Waals surface area contributed by atoms with Crippen LogP contribution in [0.15, 0.2) is 61.1 Å². The number of anilines is 2. The molecule has 4 heterocycles. The second-order valence-corrected chi connectivity index (χ2v) is 5.91. The number of pyridine rings is 2. The molecule has 0 amide bonds. The van der Waals surface area contributed by atoms with Crippen LogP contribution in [0.1, 0.15) is 5.56 Å². The summed E-state index contributed by atoms with van der Waals surface area (Å²) < 4.78 is 0. The number of benzene rings is 1. The lowest BCUT2D eigenvalue weighted by Crippen LogP contribution is -2.35. The highest BCUT2D eigenvalue weighted by atomic mass is 15.7. The van der Waals surface area contributed by atoms with E-state index in [-0.39, 0.29) is 0 Å². The summed E-state index contributed by atoms with van der Waals surface area (Å²) in [4.78, 5) is 9.13. The topological polar surface area (TPSA) is 81.8 Å². The first-order valence-electron chi connectivity index (χ1n) is 8.00. The van der Waals surface area contributed by atoms with Crippen molar-refractivity contribution in [1.82, 2.24) is 25.7 Å². The van der Waals surface area contributed by atoms with Gasteiger partial charge in [0.25, 0.3) is 0 Å². The highest BCUT2D eigenvalue weighted by Gasteiger charge is 2.21. The van der Waals surface area contributed by atoms with E-state index in [1.165, 1.54) is 5.56 Å². The average Bonchev–Trinajstić information content (AvgIpc) is 3.32. The van der Waals surface area contributed by atoms with E-state index in [1.54, 1.807) is 6.20 Å². The van der Waals surface area contributed by atoms with Crippen LogP contribution in [0.3, 0.4) is 0 Å². The third-order valence-corrected chi connectivity index (χ3v) is 4.26. The Labute approximate surface area is 143 Å². The van der Waals surface area contributed by atoms with Gasteiger partial charge in [0, 0.05) is 23.3 Å². The van der Waals surface area contributed by atoms with Crippen LogP contribution >= 0.6 is 0 Å². The maximum absolute atomic E-state index is 4.76. The van der Waals surface area contributed by atoms with E-state index in [2.05, 4.69) is 44.3 Å². The van der Waals surface area contributed by atoms with Gasteiger partial charge in [-0.3, -0.25) is 15.1 Å². The number of nitrogens with one attached hydrogen (secondary N) is 3. The lowest BCUT2D eigenvalue weighted by atomic mass is 10.1. The van der Waals surface area contributed by atoms with Crippen LogP contribution in [-0.2, 0) is 6.54 Å². The molecule has 0 saturated carbocycles. The molecule has 3 N–H and O–H groups in total. The summed E-state index contributed by atoms with van der Waals surface area (Å²) in [5.74, 6) is 0.866. The molecule has 1 aliphatic rings. The molecule has 0 radical (unpaired) electrons. The fraction of sp³-hybridized carbons (Fsp3) is 0.0556. The largest absolute Gasteiger partial charge is 0.300 e. The molecule has 0 unspecified atom stereocenters. The summed E-state index contributed by atoms with van der Waals surface area (Å²) in [6.45, 7) is 0.687. The zero-order valence-electron chi connectivity index (χ0n) is 13.3. The Morgan fingerprint density at radius 2 is 2.08 bits per heavy atom. The van der Waals surface area contributed by atoms with E-state index < -0.39 is 0 Å². The molecule has 0 fully saturated rings. The number of fused-ring (bicyclic) bond motifs is 2. The number of aromatic nitrogens is 4. The zero-order valence-corrected chi connectivity index (χ0v) is 13.3. The third-order valence-electron chi connectivity index (χ3n) is 4.26. The van der Waals surface area contributed by atoms with Gasteiger partial charge in [-0.15, -0.1) is 5.53 Å². The summed E-state index contributed by atoms with van der Waals surface area (Å²) in [5, 5.41) is 9.94. The molecule has 3 aromatic heterocycles. The van der Waals surface area contributed by atoms with Crippen molar-refractivity contribution in [1.29, 1.82) is 0 Å². The summed E-state index contributed by atoms with van der Waals surface area (Å²) >= 11 is 0. The molecule has 1 aliphatic heterocycles. The Bertz CT molecular complexity index is 1040. The molecule has 0 bridgehead atoms. The Kier molecular flexibility index (Phi) is 3.11. The Morgan fingerprint density at radius 3 is 3.00 bits per heavy atom. The molecule has 0 spiro atoms. The Balaban J connectivity index is 1.47. The van der Waals surface area contributed by atoms with E-state index in [4.69, 9.17) is 4.98 Å². The fourth-order valence-corrected chi connectivity index (χ4v) is 3.00. The minimum atomic E-state index is 0.687. The molecule has 1 aromatic carbocycles. The molecule has 122 valence electrons. The molecule has 4 aromatic rings. The molecule has 7 heteroatoms. The van der Waals surface area contributed by atoms with Gasteiger partial charge in [0.15, 0.2) is 5.82 Å². The highest BCUT2D eigenvalue weighted by molar-refractivity contribution is 5.79. The van der Waals surface area contributed by atoms with Gasteiger partial charge in [-0.1, -0.05) is 12.1 Å². The molecule has 25 heavy (non-hydrogen) atoms. The Morgan fingerprint density at radius 1 is 1.08 bits per heavy atom. The molecule has 0 atom stereocenters. The number of hydrogen-bond acceptors (Lipinski definition) is 6. The predicted molar refractivity (Wildman–Crippen MR) is 96.5 cm³/mol. The summed E-state index contributed by atoms with van der Waals surface area (Å²) in [6, 6.07) is 14.3. The SMILES string of the molecule is c1cnc2ccc(CN3NNc4ccc(-c5cn[nH]c5)nc43)cc2c1. The number of aromatic amines is 1. The van der Waals surface area contributed by atoms with Gasteiger partial charge in [-0.05, 0) is 35.9 Å². The lowest BCUT2D eigenvalue weighted by Gasteiger charge is -2.17. The summed E-state index contributed by atoms with van der Waals surface area (Å²) in [6.07, 6.45) is 5.42. The average molecular weight is 329 g/mol. The number of H-pyrrole nitrogens is 1. The molecular weight excluding hydrogens is 314 g/mol. The van der Waals surface area contributed by atoms with E-state index in [1.807, 2.05) is 41.7 Å². The monoisotopic (exact) mass is 329 g/mol. The van der Waals surface area contributed by atoms with E-state index in [0.717, 1.165) is 33.7 Å². The molecule has 0 aliphatic carbocycles. The third kappa shape index (κ3) is 2.47. The highest BCUT2D eigenvalue weighted by Crippen LogP contribution is 2.31. The fourth-order valence-electron chi connectivity index (χ4n) is 3.00. The lowest BCUT2D eigenvalue weighted by molar-refractivity contribution is 0.718. The summed E-state index contributed by atoms with van der Waals surface area (Å²) in [5.41, 5.74) is 11.3. The van der Waals surface area contributed by atoms with Gasteiger partial charge in [0.2, 0.25) is 0 Å². The smallest absolute Gasteiger partial charge is 0.170 e. The maximum Gasteiger partial charge on any atom is 0.170 e. The van der Waals surface area contributed by atoms with Crippen molar-refractivity contribution < 1.29 is 0 Å². The normalized spacial score (nSPS) is 13.0. The Hall–Kier alpha value is -3.45. The first-order valence-corrected chi connectivity index (χ1v) is 8.00. The van der Waals surface area contributed by atoms with Crippen LogP contribution in [0, 0.1) is 0 Å². The van der Waals surface area contributed by atoms with Gasteiger partial charge in [-0.25, -0.2) is 4.98 Å². The molecule has 0 saturated heterocycles. The molecule has 7 nitrogen and oxygen atoms in total. The minimum absolute atomic E-state index is 0.687. The zero-order chi connectivity index (χ0) is 16.6. The van der Waals surface area contributed by atoms with Gasteiger partial charge in [0.1, 0.15) is 0 Å². The standard InChI is InChI=1S/C18H15N7/c1-2-13-8-12(3-4-15(13)19-7-1)11-25-18-17(23-24-25)6-5-16(22-18)14-9-20-21-10-14/h1-10,23-24H,11H2,(H,20,21). The van der Waals surface area contributed by atoms with Crippen molar-refractivity contribution in [2.45, 2.75) is 6.54 Å². The maximum atomic E-state index is 4.76. The second-order valence-electron chi connectivity index (χ2n) is 5.91. The van der Waals surface area contributed by atoms with E-state index in [9.17, 15) is 0 Å². The van der Waals surface area contributed by atoms with Crippen LogP contribution in [0.4, 0.5) is 11.5 Å². The van der Waals surface area contributed by atoms with Crippen molar-refractivity contribution in [2.75, 3.05) is 10.4 Å². The number of nitrogens with zero attached hydrogens (tertiary/aromatic N) is 4. The van der Waals surface area contributed by atoms with Crippen LogP contribution < -0.4 is 16.0 Å². The summed E-state index contributed by atoms with van der Waals surface area (Å²) in [7, 11) is 0. The van der Waals surface area contributed by atoms with E-state index >= 15 is 0 Å². The quantitative estimate of drug-likeness (QED) is 0.536. The van der Waals surface area contributed by atoms with Crippen molar-refractivity contribution in [3.8, 4) is 11.3 Å². The predicted octanol–water partition coefficient (Wildman–Crippen LogP) is 2.87. The van der Waals surface area contributed by atoms with Gasteiger partial charge >= 0.3 is 0 Å². The van der Waals surface area contributed by atoms with Crippen LogP contribution in [0.25, 0.3) is 22.2 Å².